The summed E-state index contributed by atoms with van der Waals surface area (Å²) < 4.78 is 13.0. The predicted molar refractivity (Wildman–Crippen MR) is 106 cm³/mol. The van der Waals surface area contributed by atoms with Gasteiger partial charge in [0.25, 0.3) is 0 Å². The standard InChI is InChI=1S/C23H26FNO3/c24-20-12-6-16(7-13-20)15-25-21(23(27)28)14-22(26)19-10-8-18(9-11-19)17-4-2-1-3-5-17/h6-13,17,21,25H,1-5,14-15H2,(H,27,28). The summed E-state index contributed by atoms with van der Waals surface area (Å²) in [5.41, 5.74) is 2.56. The van der Waals surface area contributed by atoms with Crippen LogP contribution in [0, 0.1) is 5.82 Å². The number of carbonyl (C=O) groups excluding carboxylic acids is 1. The molecule has 1 unspecified atom stereocenters. The van der Waals surface area contributed by atoms with E-state index in [1.807, 2.05) is 24.3 Å². The van der Waals surface area contributed by atoms with Crippen LogP contribution in [0.1, 0.15) is 65.9 Å². The number of nitrogens with one attached hydrogen (secondary N) is 1. The fraction of sp³-hybridized carbons (Fsp3) is 0.391. The van der Waals surface area contributed by atoms with Gasteiger partial charge in [0.15, 0.2) is 5.78 Å². The second-order valence-corrected chi connectivity index (χ2v) is 7.48. The average molecular weight is 383 g/mol. The summed E-state index contributed by atoms with van der Waals surface area (Å²) in [5.74, 6) is -1.05. The normalized spacial score (nSPS) is 15.9. The van der Waals surface area contributed by atoms with Crippen molar-refractivity contribution in [2.45, 2.75) is 57.0 Å². The zero-order valence-electron chi connectivity index (χ0n) is 15.9. The molecule has 5 heteroatoms. The number of halogens is 1. The third kappa shape index (κ3) is 5.49. The van der Waals surface area contributed by atoms with Crippen molar-refractivity contribution in [3.05, 3.63) is 71.0 Å². The number of benzene rings is 2. The van der Waals surface area contributed by atoms with E-state index < -0.39 is 12.0 Å². The molecular formula is C23H26FNO3. The Morgan fingerprint density at radius 1 is 1.00 bits per heavy atom. The summed E-state index contributed by atoms with van der Waals surface area (Å²) >= 11 is 0. The Morgan fingerprint density at radius 3 is 2.25 bits per heavy atom. The zero-order chi connectivity index (χ0) is 19.9. The van der Waals surface area contributed by atoms with Crippen LogP contribution in [0.4, 0.5) is 4.39 Å². The Bertz CT molecular complexity index is 796. The molecule has 1 fully saturated rings. The first-order chi connectivity index (χ1) is 13.5. The minimum Gasteiger partial charge on any atom is -0.480 e. The van der Waals surface area contributed by atoms with Gasteiger partial charge in [-0.05, 0) is 42.0 Å². The van der Waals surface area contributed by atoms with Crippen LogP contribution in [-0.4, -0.2) is 22.9 Å². The molecule has 0 radical (unpaired) electrons. The molecule has 2 aromatic carbocycles. The number of carboxylic acids is 1. The Morgan fingerprint density at radius 2 is 1.64 bits per heavy atom. The third-order valence-corrected chi connectivity index (χ3v) is 5.46. The van der Waals surface area contributed by atoms with Gasteiger partial charge in [0.1, 0.15) is 11.9 Å². The molecule has 2 aromatic rings. The number of Topliss-reactive ketones (excluding diaryl/α,β-unsaturated/α-hetero) is 1. The van der Waals surface area contributed by atoms with Gasteiger partial charge in [-0.3, -0.25) is 14.9 Å². The monoisotopic (exact) mass is 383 g/mol. The van der Waals surface area contributed by atoms with Crippen LogP contribution in [0.25, 0.3) is 0 Å². The molecule has 3 rings (SSSR count). The topological polar surface area (TPSA) is 66.4 Å². The molecule has 0 saturated heterocycles. The van der Waals surface area contributed by atoms with Crippen molar-refractivity contribution in [3.63, 3.8) is 0 Å². The van der Waals surface area contributed by atoms with Crippen LogP contribution in [0.15, 0.2) is 48.5 Å². The molecule has 0 spiro atoms. The van der Waals surface area contributed by atoms with E-state index in [9.17, 15) is 19.1 Å². The Kier molecular flexibility index (Phi) is 6.93. The smallest absolute Gasteiger partial charge is 0.321 e. The molecule has 4 nitrogen and oxygen atoms in total. The van der Waals surface area contributed by atoms with Gasteiger partial charge in [0.2, 0.25) is 0 Å². The summed E-state index contributed by atoms with van der Waals surface area (Å²) in [6.45, 7) is 0.255. The molecule has 1 saturated carbocycles. The molecule has 0 heterocycles. The van der Waals surface area contributed by atoms with Crippen molar-refractivity contribution in [3.8, 4) is 0 Å². The molecule has 0 aromatic heterocycles. The maximum atomic E-state index is 13.0. The second kappa shape index (κ2) is 9.60. The van der Waals surface area contributed by atoms with E-state index in [2.05, 4.69) is 5.32 Å². The molecular weight excluding hydrogens is 357 g/mol. The molecule has 28 heavy (non-hydrogen) atoms. The van der Waals surface area contributed by atoms with Crippen LogP contribution >= 0.6 is 0 Å². The average Bonchev–Trinajstić information content (AvgIpc) is 2.72. The Hall–Kier alpha value is -2.53. The summed E-state index contributed by atoms with van der Waals surface area (Å²) in [7, 11) is 0. The lowest BCUT2D eigenvalue weighted by Gasteiger charge is -2.22. The van der Waals surface area contributed by atoms with Crippen LogP contribution < -0.4 is 5.32 Å². The van der Waals surface area contributed by atoms with E-state index in [0.717, 1.165) is 5.56 Å². The van der Waals surface area contributed by atoms with Gasteiger partial charge >= 0.3 is 5.97 Å². The molecule has 0 bridgehead atoms. The summed E-state index contributed by atoms with van der Waals surface area (Å²) in [6, 6.07) is 12.5. The van der Waals surface area contributed by atoms with Crippen molar-refractivity contribution >= 4 is 11.8 Å². The van der Waals surface area contributed by atoms with Gasteiger partial charge in [-0.25, -0.2) is 4.39 Å². The molecule has 0 amide bonds. The predicted octanol–water partition coefficient (Wildman–Crippen LogP) is 4.69. The zero-order valence-corrected chi connectivity index (χ0v) is 15.9. The van der Waals surface area contributed by atoms with E-state index in [-0.39, 0.29) is 24.6 Å². The van der Waals surface area contributed by atoms with Gasteiger partial charge < -0.3 is 5.11 Å². The van der Waals surface area contributed by atoms with Gasteiger partial charge in [-0.1, -0.05) is 55.7 Å². The molecule has 148 valence electrons. The number of carboxylic acid groups (broad SMARTS) is 1. The SMILES string of the molecule is O=C(CC(NCc1ccc(F)cc1)C(=O)O)c1ccc(C2CCCCC2)cc1. The van der Waals surface area contributed by atoms with Crippen LogP contribution in [0.3, 0.4) is 0 Å². The number of carbonyl (C=O) groups is 2. The maximum absolute atomic E-state index is 13.0. The highest BCUT2D eigenvalue weighted by Gasteiger charge is 2.22. The Labute approximate surface area is 164 Å². The lowest BCUT2D eigenvalue weighted by atomic mass is 9.84. The second-order valence-electron chi connectivity index (χ2n) is 7.48. The largest absolute Gasteiger partial charge is 0.480 e. The van der Waals surface area contributed by atoms with Crippen molar-refractivity contribution in [1.29, 1.82) is 0 Å². The lowest BCUT2D eigenvalue weighted by Crippen LogP contribution is -2.38. The first-order valence-electron chi connectivity index (χ1n) is 9.87. The van der Waals surface area contributed by atoms with Gasteiger partial charge in [0, 0.05) is 18.5 Å². The molecule has 1 atom stereocenters. The number of ketones is 1. The van der Waals surface area contributed by atoms with Crippen molar-refractivity contribution < 1.29 is 19.1 Å². The Balaban J connectivity index is 1.58. The minimum absolute atomic E-state index is 0.126. The molecule has 2 N–H and O–H groups in total. The van der Waals surface area contributed by atoms with E-state index in [1.54, 1.807) is 12.1 Å². The number of rotatable bonds is 8. The first-order valence-corrected chi connectivity index (χ1v) is 9.87. The highest BCUT2D eigenvalue weighted by Crippen LogP contribution is 2.32. The summed E-state index contributed by atoms with van der Waals surface area (Å²) in [4.78, 5) is 24.1. The fourth-order valence-electron chi connectivity index (χ4n) is 3.77. The summed E-state index contributed by atoms with van der Waals surface area (Å²) in [5, 5.41) is 12.3. The van der Waals surface area contributed by atoms with Crippen LogP contribution in [-0.2, 0) is 11.3 Å². The highest BCUT2D eigenvalue weighted by atomic mass is 19.1. The van der Waals surface area contributed by atoms with E-state index in [0.29, 0.717) is 11.5 Å². The van der Waals surface area contributed by atoms with Crippen molar-refractivity contribution in [1.82, 2.24) is 5.32 Å². The van der Waals surface area contributed by atoms with Crippen molar-refractivity contribution in [2.24, 2.45) is 0 Å². The highest BCUT2D eigenvalue weighted by molar-refractivity contribution is 5.98. The fourth-order valence-corrected chi connectivity index (χ4v) is 3.77. The van der Waals surface area contributed by atoms with Crippen molar-refractivity contribution in [2.75, 3.05) is 0 Å². The maximum Gasteiger partial charge on any atom is 0.321 e. The van der Waals surface area contributed by atoms with Gasteiger partial charge in [-0.2, -0.15) is 0 Å². The number of hydrogen-bond acceptors (Lipinski definition) is 3. The molecule has 1 aliphatic carbocycles. The molecule has 0 aliphatic heterocycles. The van der Waals surface area contributed by atoms with Gasteiger partial charge in [0.05, 0.1) is 0 Å². The molecule has 1 aliphatic rings. The summed E-state index contributed by atoms with van der Waals surface area (Å²) in [6.07, 6.45) is 6.08. The lowest BCUT2D eigenvalue weighted by molar-refractivity contribution is -0.139. The van der Waals surface area contributed by atoms with Gasteiger partial charge in [-0.15, -0.1) is 0 Å². The number of aliphatic carboxylic acids is 1. The van der Waals surface area contributed by atoms with E-state index in [1.165, 1.54) is 49.8 Å². The number of hydrogen-bond donors (Lipinski definition) is 2. The van der Waals surface area contributed by atoms with Crippen LogP contribution in [0.2, 0.25) is 0 Å². The third-order valence-electron chi connectivity index (χ3n) is 5.46. The van der Waals surface area contributed by atoms with E-state index >= 15 is 0 Å². The first kappa shape index (κ1) is 20.2. The minimum atomic E-state index is -1.07. The van der Waals surface area contributed by atoms with E-state index in [4.69, 9.17) is 0 Å². The quantitative estimate of drug-likeness (QED) is 0.649. The van der Waals surface area contributed by atoms with Crippen LogP contribution in [0.5, 0.6) is 0 Å².